The van der Waals surface area contributed by atoms with Crippen molar-refractivity contribution < 1.29 is 0 Å². The van der Waals surface area contributed by atoms with Crippen molar-refractivity contribution in [1.82, 2.24) is 0 Å². The quantitative estimate of drug-likeness (QED) is 0.164. The van der Waals surface area contributed by atoms with Crippen LogP contribution in [-0.2, 0) is 10.8 Å². The van der Waals surface area contributed by atoms with Crippen molar-refractivity contribution in [3.05, 3.63) is 311 Å². The van der Waals surface area contributed by atoms with Crippen LogP contribution in [0.25, 0.3) is 55.3 Å². The van der Waals surface area contributed by atoms with Crippen LogP contribution in [0.3, 0.4) is 0 Å². The molecular weight excluding hydrogens is 893 g/mol. The van der Waals surface area contributed by atoms with Crippen LogP contribution < -0.4 is 9.80 Å². The molecule has 0 aliphatic heterocycles. The third-order valence-corrected chi connectivity index (χ3v) is 17.4. The number of nitrogens with zero attached hydrogens (tertiary/aromatic N) is 2. The Morgan fingerprint density at radius 2 is 0.892 bits per heavy atom. The number of allylic oxidation sites excluding steroid dienone is 6. The average Bonchev–Trinajstić information content (AvgIpc) is 4.18. The van der Waals surface area contributed by atoms with Gasteiger partial charge in [-0.2, -0.15) is 0 Å². The van der Waals surface area contributed by atoms with Gasteiger partial charge in [0.05, 0.1) is 16.9 Å². The van der Waals surface area contributed by atoms with E-state index in [1.165, 1.54) is 111 Å². The van der Waals surface area contributed by atoms with Crippen molar-refractivity contribution in [2.24, 2.45) is 0 Å². The number of anilines is 4. The molecule has 0 saturated heterocycles. The molecule has 0 aromatic heterocycles. The first-order valence-electron chi connectivity index (χ1n) is 26.4. The summed E-state index contributed by atoms with van der Waals surface area (Å²) >= 11 is 0. The molecule has 0 N–H and O–H groups in total. The van der Waals surface area contributed by atoms with Gasteiger partial charge in [0.1, 0.15) is 0 Å². The maximum Gasteiger partial charge on any atom is 0.0726 e. The van der Waals surface area contributed by atoms with Crippen molar-refractivity contribution in [2.75, 3.05) is 9.80 Å². The second-order valence-electron chi connectivity index (χ2n) is 20.8. The first-order valence-corrected chi connectivity index (χ1v) is 26.4. The highest BCUT2D eigenvalue weighted by molar-refractivity contribution is 6.16. The van der Waals surface area contributed by atoms with Crippen molar-refractivity contribution in [2.45, 2.75) is 36.1 Å². The molecule has 6 aliphatic rings. The first kappa shape index (κ1) is 41.6. The summed E-state index contributed by atoms with van der Waals surface area (Å²) in [6.45, 7) is 0. The van der Waals surface area contributed by atoms with E-state index in [2.05, 4.69) is 271 Å². The highest BCUT2D eigenvalue weighted by Gasteiger charge is 2.55. The van der Waals surface area contributed by atoms with E-state index in [9.17, 15) is 0 Å². The van der Waals surface area contributed by atoms with Gasteiger partial charge in [-0.1, -0.05) is 200 Å². The van der Waals surface area contributed by atoms with Gasteiger partial charge in [-0.3, -0.25) is 0 Å². The molecule has 0 fully saturated rings. The fourth-order valence-corrected chi connectivity index (χ4v) is 14.7. The molecule has 74 heavy (non-hydrogen) atoms. The lowest BCUT2D eigenvalue weighted by atomic mass is 9.60. The Kier molecular flexibility index (Phi) is 8.86. The van der Waals surface area contributed by atoms with E-state index in [1.807, 2.05) is 0 Å². The zero-order valence-electron chi connectivity index (χ0n) is 40.9. The summed E-state index contributed by atoms with van der Waals surface area (Å²) in [5, 5.41) is 2.65. The minimum absolute atomic E-state index is 0.220. The zero-order valence-corrected chi connectivity index (χ0v) is 40.9. The second-order valence-corrected chi connectivity index (χ2v) is 20.8. The Labute approximate surface area is 432 Å². The van der Waals surface area contributed by atoms with Gasteiger partial charge >= 0.3 is 0 Å². The number of fused-ring (bicyclic) bond motifs is 20. The van der Waals surface area contributed by atoms with E-state index < -0.39 is 10.8 Å². The molecule has 6 aliphatic carbocycles. The van der Waals surface area contributed by atoms with Crippen LogP contribution in [0.1, 0.15) is 63.8 Å². The third-order valence-electron chi connectivity index (χ3n) is 17.4. The second kappa shape index (κ2) is 15.8. The lowest BCUT2D eigenvalue weighted by Crippen LogP contribution is -2.34. The fourth-order valence-electron chi connectivity index (χ4n) is 14.7. The van der Waals surface area contributed by atoms with Crippen molar-refractivity contribution in [3.63, 3.8) is 0 Å². The average molecular weight is 943 g/mol. The normalized spacial score (nSPS) is 16.8. The predicted octanol–water partition coefficient (Wildman–Crippen LogP) is 17.9. The number of hydrogen-bond donors (Lipinski definition) is 0. The van der Waals surface area contributed by atoms with Crippen LogP contribution in [0.5, 0.6) is 0 Å². The summed E-state index contributed by atoms with van der Waals surface area (Å²) in [7, 11) is 0. The molecule has 0 bridgehead atoms. The van der Waals surface area contributed by atoms with Gasteiger partial charge < -0.3 is 9.80 Å². The topological polar surface area (TPSA) is 6.48 Å². The smallest absolute Gasteiger partial charge is 0.0726 e. The molecule has 10 aromatic carbocycles. The van der Waals surface area contributed by atoms with E-state index in [4.69, 9.17) is 0 Å². The Balaban J connectivity index is 1.03. The van der Waals surface area contributed by atoms with Crippen LogP contribution in [0.2, 0.25) is 0 Å². The molecule has 1 unspecified atom stereocenters. The number of hydrogen-bond acceptors (Lipinski definition) is 2. The summed E-state index contributed by atoms with van der Waals surface area (Å²) in [5.41, 5.74) is 26.1. The molecular formula is C72H50N2. The van der Waals surface area contributed by atoms with Gasteiger partial charge in [-0.05, 0) is 180 Å². The molecule has 2 spiro atoms. The monoisotopic (exact) mass is 942 g/mol. The Morgan fingerprint density at radius 3 is 1.49 bits per heavy atom. The standard InChI is InChI=1S/C72H50N2/c1-5-22-47(23-6-1)73(48-24-7-2-8-25-48)51-40-42-57-60-46-68-69(59-34-21-39-65(70(59)60)71(66(57)44-51)61-35-17-13-30-53(61)54-31-14-18-36-62(54)71)58-43-41-52(74(49-26-9-3-10-27-49)50-28-11-4-12-29-50)45-67(58)72(68)63-37-19-15-32-55(63)56-33-16-20-38-64(56)72/h1-11,13-26,28,30-46,49H,12,27,29H2. The molecule has 0 amide bonds. The minimum Gasteiger partial charge on any atom is -0.338 e. The lowest BCUT2D eigenvalue weighted by Gasteiger charge is -2.41. The summed E-state index contributed by atoms with van der Waals surface area (Å²) < 4.78 is 0. The molecule has 10 aromatic rings. The molecule has 2 heteroatoms. The van der Waals surface area contributed by atoms with E-state index in [0.717, 1.165) is 36.3 Å². The maximum atomic E-state index is 2.66. The highest BCUT2D eigenvalue weighted by Crippen LogP contribution is 2.68. The number of benzene rings is 10. The first-order chi connectivity index (χ1) is 36.7. The van der Waals surface area contributed by atoms with Gasteiger partial charge in [0.25, 0.3) is 0 Å². The highest BCUT2D eigenvalue weighted by atomic mass is 15.2. The minimum atomic E-state index is -0.599. The number of rotatable bonds is 6. The largest absolute Gasteiger partial charge is 0.338 e. The Morgan fingerprint density at radius 1 is 0.365 bits per heavy atom. The SMILES string of the molecule is C1=CCCC(N(c2ccc3c(c2)C2(c4ccccc4-c4ccccc42)c2cc4c5c(cccc5c2-3)C2(c3ccccc3-c3ccccc32)c2cc(N(c3ccccc3)c3ccccc3)ccc2-4)C2C=CC=CC2)=C1. The zero-order chi connectivity index (χ0) is 48.5. The summed E-state index contributed by atoms with van der Waals surface area (Å²) in [6, 6.07) is 83.8. The summed E-state index contributed by atoms with van der Waals surface area (Å²) in [6.07, 6.45) is 19.1. The molecule has 1 atom stereocenters. The molecule has 0 saturated carbocycles. The van der Waals surface area contributed by atoms with E-state index >= 15 is 0 Å². The van der Waals surface area contributed by atoms with Gasteiger partial charge in [0, 0.05) is 28.4 Å². The van der Waals surface area contributed by atoms with Crippen molar-refractivity contribution in [1.29, 1.82) is 0 Å². The van der Waals surface area contributed by atoms with Gasteiger partial charge in [0.15, 0.2) is 0 Å². The van der Waals surface area contributed by atoms with Crippen molar-refractivity contribution in [3.8, 4) is 44.5 Å². The predicted molar refractivity (Wildman–Crippen MR) is 307 cm³/mol. The molecule has 0 radical (unpaired) electrons. The van der Waals surface area contributed by atoms with Crippen LogP contribution in [0, 0.1) is 0 Å². The fraction of sp³-hybridized carbons (Fsp3) is 0.0833. The van der Waals surface area contributed by atoms with Crippen molar-refractivity contribution >= 4 is 33.5 Å². The van der Waals surface area contributed by atoms with Gasteiger partial charge in [-0.15, -0.1) is 0 Å². The van der Waals surface area contributed by atoms with E-state index in [1.54, 1.807) is 0 Å². The molecule has 2 nitrogen and oxygen atoms in total. The van der Waals surface area contributed by atoms with Gasteiger partial charge in [0.2, 0.25) is 0 Å². The van der Waals surface area contributed by atoms with Gasteiger partial charge in [-0.25, -0.2) is 0 Å². The maximum absolute atomic E-state index is 2.66. The molecule has 0 heterocycles. The van der Waals surface area contributed by atoms with E-state index in [0.29, 0.717) is 0 Å². The van der Waals surface area contributed by atoms with Crippen LogP contribution >= 0.6 is 0 Å². The molecule has 348 valence electrons. The van der Waals surface area contributed by atoms with Crippen LogP contribution in [-0.4, -0.2) is 6.04 Å². The van der Waals surface area contributed by atoms with Crippen LogP contribution in [0.15, 0.2) is 267 Å². The molecule has 16 rings (SSSR count). The third kappa shape index (κ3) is 5.44. The lowest BCUT2D eigenvalue weighted by molar-refractivity contribution is 0.718. The Hall–Kier alpha value is -8.98. The Bertz CT molecular complexity index is 4000. The number of para-hydroxylation sites is 2. The summed E-state index contributed by atoms with van der Waals surface area (Å²) in [4.78, 5) is 5.07. The van der Waals surface area contributed by atoms with E-state index in [-0.39, 0.29) is 6.04 Å². The summed E-state index contributed by atoms with van der Waals surface area (Å²) in [5.74, 6) is 0. The van der Waals surface area contributed by atoms with Crippen LogP contribution in [0.4, 0.5) is 22.7 Å².